The third kappa shape index (κ3) is 5.03. The SMILES string of the molecule is O=C(O)c1ccnc(N2CC(O)(c3ccc(OCC4=C(C5CC5)ONC4c4c(Cl)cccc4Cl)cc3Cl)C2)c1. The number of aromatic nitrogens is 1. The summed E-state index contributed by atoms with van der Waals surface area (Å²) in [6, 6.07) is 13.1. The van der Waals surface area contributed by atoms with E-state index in [1.165, 1.54) is 18.3 Å². The number of nitrogens with one attached hydrogen (secondary N) is 1. The Bertz CT molecular complexity index is 1470. The maximum atomic E-state index is 11.3. The van der Waals surface area contributed by atoms with Gasteiger partial charge < -0.3 is 24.7 Å². The summed E-state index contributed by atoms with van der Waals surface area (Å²) in [6.45, 7) is 0.693. The lowest BCUT2D eigenvalue weighted by Crippen LogP contribution is -2.60. The van der Waals surface area contributed by atoms with Gasteiger partial charge in [-0.05, 0) is 49.2 Å². The highest BCUT2D eigenvalue weighted by atomic mass is 35.5. The smallest absolute Gasteiger partial charge is 0.335 e. The number of hydrogen-bond donors (Lipinski definition) is 3. The number of pyridine rings is 1. The molecule has 3 heterocycles. The van der Waals surface area contributed by atoms with Crippen LogP contribution in [-0.4, -0.2) is 40.9 Å². The van der Waals surface area contributed by atoms with E-state index in [1.54, 1.807) is 41.3 Å². The molecule has 3 N–H and O–H groups in total. The van der Waals surface area contributed by atoms with E-state index in [9.17, 15) is 15.0 Å². The van der Waals surface area contributed by atoms with Gasteiger partial charge in [-0.2, -0.15) is 0 Å². The fourth-order valence-electron chi connectivity index (χ4n) is 5.03. The minimum Gasteiger partial charge on any atom is -0.489 e. The van der Waals surface area contributed by atoms with Crippen LogP contribution < -0.4 is 15.1 Å². The summed E-state index contributed by atoms with van der Waals surface area (Å²) in [5.74, 6) is 1.20. The summed E-state index contributed by atoms with van der Waals surface area (Å²) in [7, 11) is 0. The number of ether oxygens (including phenoxy) is 1. The normalized spacial score (nSPS) is 20.0. The number of halogens is 3. The van der Waals surface area contributed by atoms with Crippen molar-refractivity contribution in [2.75, 3.05) is 24.6 Å². The molecule has 2 aliphatic heterocycles. The number of anilines is 1. The van der Waals surface area contributed by atoms with E-state index in [-0.39, 0.29) is 31.3 Å². The van der Waals surface area contributed by atoms with Crippen molar-refractivity contribution in [3.05, 3.63) is 97.8 Å². The van der Waals surface area contributed by atoms with Crippen molar-refractivity contribution < 1.29 is 24.6 Å². The predicted molar refractivity (Wildman–Crippen MR) is 147 cm³/mol. The van der Waals surface area contributed by atoms with Gasteiger partial charge in [0.05, 0.1) is 29.7 Å². The molecule has 6 rings (SSSR count). The van der Waals surface area contributed by atoms with Crippen molar-refractivity contribution in [1.82, 2.24) is 10.5 Å². The maximum absolute atomic E-state index is 11.3. The number of β-amino-alcohol motifs (C(OH)–C–C–N with tert-alkyl or cyclic N) is 1. The molecule has 3 aromatic rings. The second kappa shape index (κ2) is 10.2. The van der Waals surface area contributed by atoms with Gasteiger partial charge in [-0.1, -0.05) is 46.9 Å². The molecule has 1 atom stereocenters. The highest BCUT2D eigenvalue weighted by Gasteiger charge is 2.45. The molecule has 2 fully saturated rings. The van der Waals surface area contributed by atoms with Crippen molar-refractivity contribution in [2.24, 2.45) is 5.92 Å². The van der Waals surface area contributed by atoms with Gasteiger partial charge >= 0.3 is 5.97 Å². The Hall–Kier alpha value is -3.01. The number of hydrogen-bond acceptors (Lipinski definition) is 7. The van der Waals surface area contributed by atoms with Crippen molar-refractivity contribution in [1.29, 1.82) is 0 Å². The molecule has 0 bridgehead atoms. The van der Waals surface area contributed by atoms with E-state index in [2.05, 4.69) is 10.5 Å². The van der Waals surface area contributed by atoms with E-state index < -0.39 is 11.6 Å². The third-order valence-corrected chi connectivity index (χ3v) is 8.22. The van der Waals surface area contributed by atoms with Crippen LogP contribution in [0.15, 0.2) is 66.1 Å². The summed E-state index contributed by atoms with van der Waals surface area (Å²) in [5, 5.41) is 21.9. The summed E-state index contributed by atoms with van der Waals surface area (Å²) in [5.41, 5.74) is 4.23. The number of carbonyl (C=O) groups is 1. The Morgan fingerprint density at radius 3 is 2.51 bits per heavy atom. The zero-order valence-electron chi connectivity index (χ0n) is 20.5. The Balaban J connectivity index is 1.17. The first kappa shape index (κ1) is 26.2. The van der Waals surface area contributed by atoms with Crippen molar-refractivity contribution in [2.45, 2.75) is 24.5 Å². The molecule has 1 aromatic heterocycles. The van der Waals surface area contributed by atoms with Gasteiger partial charge in [-0.25, -0.2) is 9.78 Å². The largest absolute Gasteiger partial charge is 0.489 e. The average Bonchev–Trinajstić information content (AvgIpc) is 3.66. The first-order chi connectivity index (χ1) is 18.7. The number of allylic oxidation sites excluding steroid dienone is 1. The zero-order valence-corrected chi connectivity index (χ0v) is 22.8. The first-order valence-corrected chi connectivity index (χ1v) is 13.6. The van der Waals surface area contributed by atoms with Crippen molar-refractivity contribution >= 4 is 46.6 Å². The Morgan fingerprint density at radius 2 is 1.85 bits per heavy atom. The molecular weight excluding hydrogens is 565 g/mol. The van der Waals surface area contributed by atoms with Gasteiger partial charge in [0.25, 0.3) is 0 Å². The van der Waals surface area contributed by atoms with Crippen LogP contribution in [0.5, 0.6) is 5.75 Å². The highest BCUT2D eigenvalue weighted by molar-refractivity contribution is 6.36. The van der Waals surface area contributed by atoms with Crippen LogP contribution in [0.1, 0.15) is 40.4 Å². The summed E-state index contributed by atoms with van der Waals surface area (Å²) < 4.78 is 6.15. The van der Waals surface area contributed by atoms with E-state index >= 15 is 0 Å². The van der Waals surface area contributed by atoms with Gasteiger partial charge in [0.1, 0.15) is 29.5 Å². The van der Waals surface area contributed by atoms with Crippen molar-refractivity contribution in [3.63, 3.8) is 0 Å². The maximum Gasteiger partial charge on any atom is 0.335 e. The van der Waals surface area contributed by atoms with E-state index in [4.69, 9.17) is 44.4 Å². The molecule has 1 saturated carbocycles. The molecule has 11 heteroatoms. The van der Waals surface area contributed by atoms with Gasteiger partial charge in [0.2, 0.25) is 0 Å². The molecular formula is C28H24Cl3N3O5. The number of carboxylic acids is 1. The van der Waals surface area contributed by atoms with Crippen LogP contribution in [-0.2, 0) is 10.4 Å². The minimum absolute atomic E-state index is 0.136. The molecule has 39 heavy (non-hydrogen) atoms. The number of aliphatic hydroxyl groups is 1. The minimum atomic E-state index is -1.20. The predicted octanol–water partition coefficient (Wildman–Crippen LogP) is 5.77. The number of aromatic carboxylic acids is 1. The summed E-state index contributed by atoms with van der Waals surface area (Å²) >= 11 is 19.6. The second-order valence-corrected chi connectivity index (χ2v) is 11.2. The van der Waals surface area contributed by atoms with E-state index in [0.717, 1.165) is 29.7 Å². The van der Waals surface area contributed by atoms with Gasteiger partial charge in [0.15, 0.2) is 0 Å². The number of hydroxylamine groups is 1. The fraction of sp³-hybridized carbons (Fsp3) is 0.286. The molecule has 0 radical (unpaired) electrons. The van der Waals surface area contributed by atoms with Gasteiger partial charge in [-0.3, -0.25) is 0 Å². The average molecular weight is 589 g/mol. The summed E-state index contributed by atoms with van der Waals surface area (Å²) in [4.78, 5) is 23.2. The molecule has 202 valence electrons. The highest BCUT2D eigenvalue weighted by Crippen LogP contribution is 2.46. The number of nitrogens with zero attached hydrogens (tertiary/aromatic N) is 2. The van der Waals surface area contributed by atoms with E-state index in [1.807, 2.05) is 0 Å². The van der Waals surface area contributed by atoms with Crippen LogP contribution in [0.2, 0.25) is 15.1 Å². The van der Waals surface area contributed by atoms with Gasteiger partial charge in [-0.15, -0.1) is 5.48 Å². The lowest BCUT2D eigenvalue weighted by molar-refractivity contribution is 0.00712. The number of carboxylic acid groups (broad SMARTS) is 1. The molecule has 0 spiro atoms. The molecule has 8 nitrogen and oxygen atoms in total. The fourth-order valence-corrected chi connectivity index (χ4v) is 5.99. The molecule has 3 aliphatic rings. The number of rotatable bonds is 8. The van der Waals surface area contributed by atoms with Crippen molar-refractivity contribution in [3.8, 4) is 5.75 Å². The molecule has 0 amide bonds. The van der Waals surface area contributed by atoms with Crippen LogP contribution in [0.25, 0.3) is 0 Å². The topological polar surface area (TPSA) is 104 Å². The molecule has 1 aliphatic carbocycles. The summed E-state index contributed by atoms with van der Waals surface area (Å²) in [6.07, 6.45) is 3.54. The lowest BCUT2D eigenvalue weighted by atomic mass is 9.86. The van der Waals surface area contributed by atoms with E-state index in [0.29, 0.717) is 38.1 Å². The standard InChI is InChI=1S/C28H24Cl3N3O5/c29-20-2-1-3-21(30)24(20)25-18(26(39-33-25)15-4-5-15)12-38-17-6-7-19(22(31)11-17)28(37)13-34(14-28)23-10-16(27(35)36)8-9-32-23/h1-3,6-11,15,25,33,37H,4-5,12-14H2,(H,35,36). The van der Waals surface area contributed by atoms with Crippen LogP contribution in [0.3, 0.4) is 0 Å². The monoisotopic (exact) mass is 587 g/mol. The first-order valence-electron chi connectivity index (χ1n) is 12.4. The molecule has 2 aromatic carbocycles. The Kier molecular flexibility index (Phi) is 6.85. The number of benzene rings is 2. The van der Waals surface area contributed by atoms with Crippen LogP contribution in [0.4, 0.5) is 5.82 Å². The third-order valence-electron chi connectivity index (χ3n) is 7.25. The molecule has 1 saturated heterocycles. The molecule has 1 unspecified atom stereocenters. The van der Waals surface area contributed by atoms with Gasteiger partial charge in [0, 0.05) is 38.9 Å². The second-order valence-electron chi connectivity index (χ2n) is 9.98. The zero-order chi connectivity index (χ0) is 27.3. The Labute approximate surface area is 239 Å². The lowest BCUT2D eigenvalue weighted by Gasteiger charge is -2.47. The van der Waals surface area contributed by atoms with Crippen LogP contribution in [0, 0.1) is 5.92 Å². The quantitative estimate of drug-likeness (QED) is 0.305. The Morgan fingerprint density at radius 1 is 1.10 bits per heavy atom. The van der Waals surface area contributed by atoms with Crippen LogP contribution >= 0.6 is 34.8 Å².